The van der Waals surface area contributed by atoms with E-state index in [1.165, 1.54) is 30.7 Å². The van der Waals surface area contributed by atoms with Crippen molar-refractivity contribution in [1.82, 2.24) is 19.8 Å². The number of fused-ring (bicyclic) bond motifs is 1. The van der Waals surface area contributed by atoms with Crippen LogP contribution < -0.4 is 15.0 Å². The molecule has 0 spiro atoms. The number of benzene rings is 3. The first-order valence-corrected chi connectivity index (χ1v) is 17.1. The summed E-state index contributed by atoms with van der Waals surface area (Å²) in [6.45, 7) is 5.50. The average molecular weight is 665 g/mol. The number of carbonyl (C=O) groups is 3. The molecule has 1 aliphatic heterocycles. The van der Waals surface area contributed by atoms with Gasteiger partial charge in [-0.3, -0.25) is 15.0 Å². The van der Waals surface area contributed by atoms with E-state index in [4.69, 9.17) is 15.1 Å². The summed E-state index contributed by atoms with van der Waals surface area (Å²) in [4.78, 5) is 47.7. The highest BCUT2D eigenvalue weighted by atomic mass is 16.5. The molecule has 2 aliphatic rings. The highest BCUT2D eigenvalue weighted by molar-refractivity contribution is 6.06. The van der Waals surface area contributed by atoms with Gasteiger partial charge in [-0.05, 0) is 92.9 Å². The molecule has 3 N–H and O–H groups in total. The second-order valence-electron chi connectivity index (χ2n) is 13.2. The number of hydrogen-bond acceptors (Lipinski definition) is 6. The number of nitrogens with one attached hydrogen (secondary N) is 2. The molecule has 0 radical (unpaired) electrons. The SMILES string of the molecule is CC(=N)N1CCC(Oc2ccc(N(Cc3nc4cc(C)ccc4n3CC(=O)NC3CCCCC3)C(=O)c3ccc(C(=O)O)cc3)cc2)CC1. The summed E-state index contributed by atoms with van der Waals surface area (Å²) >= 11 is 0. The largest absolute Gasteiger partial charge is 0.490 e. The monoisotopic (exact) mass is 664 g/mol. The molecule has 2 amide bonds. The number of nitrogens with zero attached hydrogens (tertiary/aromatic N) is 4. The number of rotatable bonds is 10. The summed E-state index contributed by atoms with van der Waals surface area (Å²) in [7, 11) is 0. The number of aromatic nitrogens is 2. The van der Waals surface area contributed by atoms with Crippen LogP contribution in [0.4, 0.5) is 5.69 Å². The molecule has 1 aliphatic carbocycles. The molecule has 4 aromatic rings. The van der Waals surface area contributed by atoms with E-state index in [0.29, 0.717) is 28.7 Å². The van der Waals surface area contributed by atoms with Gasteiger partial charge in [0.1, 0.15) is 24.2 Å². The van der Waals surface area contributed by atoms with Crippen LogP contribution in [-0.4, -0.2) is 68.4 Å². The topological polar surface area (TPSA) is 141 Å². The van der Waals surface area contributed by atoms with E-state index >= 15 is 0 Å². The van der Waals surface area contributed by atoms with Crippen LogP contribution in [0.25, 0.3) is 11.0 Å². The third-order valence-corrected chi connectivity index (χ3v) is 9.55. The van der Waals surface area contributed by atoms with Crippen molar-refractivity contribution in [3.63, 3.8) is 0 Å². The van der Waals surface area contributed by atoms with E-state index in [1.807, 2.05) is 58.9 Å². The first kappa shape index (κ1) is 33.7. The zero-order valence-electron chi connectivity index (χ0n) is 28.2. The lowest BCUT2D eigenvalue weighted by atomic mass is 9.95. The van der Waals surface area contributed by atoms with Gasteiger partial charge in [-0.2, -0.15) is 0 Å². The number of hydrogen-bond donors (Lipinski definition) is 3. The molecule has 49 heavy (non-hydrogen) atoms. The second kappa shape index (κ2) is 14.9. The lowest BCUT2D eigenvalue weighted by Gasteiger charge is -2.33. The van der Waals surface area contributed by atoms with Gasteiger partial charge in [0, 0.05) is 43.2 Å². The minimum Gasteiger partial charge on any atom is -0.490 e. The quantitative estimate of drug-likeness (QED) is 0.136. The van der Waals surface area contributed by atoms with Crippen molar-refractivity contribution >= 4 is 40.3 Å². The number of carboxylic acids is 1. The molecular formula is C38H44N6O5. The molecule has 2 fully saturated rings. The molecule has 3 aromatic carbocycles. The fourth-order valence-corrected chi connectivity index (χ4v) is 6.79. The maximum Gasteiger partial charge on any atom is 0.335 e. The van der Waals surface area contributed by atoms with Crippen LogP contribution in [0.3, 0.4) is 0 Å². The number of aromatic carboxylic acids is 1. The molecule has 1 saturated heterocycles. The maximum atomic E-state index is 14.2. The van der Waals surface area contributed by atoms with Crippen LogP contribution in [0.1, 0.15) is 84.0 Å². The van der Waals surface area contributed by atoms with Crippen LogP contribution in [0.2, 0.25) is 0 Å². The second-order valence-corrected chi connectivity index (χ2v) is 13.2. The number of imidazole rings is 1. The summed E-state index contributed by atoms with van der Waals surface area (Å²) in [5, 5.41) is 20.5. The van der Waals surface area contributed by atoms with Gasteiger partial charge in [0.25, 0.3) is 5.91 Å². The van der Waals surface area contributed by atoms with Crippen molar-refractivity contribution in [2.24, 2.45) is 0 Å². The highest BCUT2D eigenvalue weighted by Gasteiger charge is 2.25. The molecule has 11 nitrogen and oxygen atoms in total. The molecule has 0 bridgehead atoms. The maximum absolute atomic E-state index is 14.2. The molecule has 0 unspecified atom stereocenters. The van der Waals surface area contributed by atoms with Gasteiger partial charge in [0.2, 0.25) is 5.91 Å². The Morgan fingerprint density at radius 2 is 1.61 bits per heavy atom. The van der Waals surface area contributed by atoms with Gasteiger partial charge in [-0.15, -0.1) is 0 Å². The van der Waals surface area contributed by atoms with Crippen LogP contribution >= 0.6 is 0 Å². The van der Waals surface area contributed by atoms with Crippen LogP contribution in [0.5, 0.6) is 5.75 Å². The Morgan fingerprint density at radius 3 is 2.27 bits per heavy atom. The van der Waals surface area contributed by atoms with E-state index < -0.39 is 5.97 Å². The molecular weight excluding hydrogens is 620 g/mol. The summed E-state index contributed by atoms with van der Waals surface area (Å²) in [5.74, 6) is 0.330. The Kier molecular flexibility index (Phi) is 10.3. The van der Waals surface area contributed by atoms with E-state index in [9.17, 15) is 19.5 Å². The number of carboxylic acid groups (broad SMARTS) is 1. The summed E-state index contributed by atoms with van der Waals surface area (Å²) in [6.07, 6.45) is 7.06. The molecule has 256 valence electrons. The first-order chi connectivity index (χ1) is 23.6. The number of piperidine rings is 1. The lowest BCUT2D eigenvalue weighted by Crippen LogP contribution is -2.40. The normalized spacial score (nSPS) is 15.6. The van der Waals surface area contributed by atoms with E-state index in [-0.39, 0.29) is 42.6 Å². The number of anilines is 1. The van der Waals surface area contributed by atoms with Gasteiger partial charge in [-0.25, -0.2) is 9.78 Å². The van der Waals surface area contributed by atoms with Crippen molar-refractivity contribution < 1.29 is 24.2 Å². The van der Waals surface area contributed by atoms with E-state index in [2.05, 4.69) is 5.32 Å². The van der Waals surface area contributed by atoms with E-state index in [0.717, 1.165) is 68.2 Å². The average Bonchev–Trinajstić information content (AvgIpc) is 3.43. The predicted molar refractivity (Wildman–Crippen MR) is 188 cm³/mol. The van der Waals surface area contributed by atoms with E-state index in [1.54, 1.807) is 11.8 Å². The third-order valence-electron chi connectivity index (χ3n) is 9.55. The van der Waals surface area contributed by atoms with Crippen molar-refractivity contribution in [3.05, 3.63) is 89.2 Å². The van der Waals surface area contributed by atoms with Crippen LogP contribution in [0, 0.1) is 12.3 Å². The Morgan fingerprint density at radius 1 is 0.939 bits per heavy atom. The predicted octanol–water partition coefficient (Wildman–Crippen LogP) is 6.18. The molecule has 1 aromatic heterocycles. The molecule has 0 atom stereocenters. The number of carbonyl (C=O) groups excluding carboxylic acids is 2. The fourth-order valence-electron chi connectivity index (χ4n) is 6.79. The summed E-state index contributed by atoms with van der Waals surface area (Å²) < 4.78 is 8.17. The van der Waals surface area contributed by atoms with Gasteiger partial charge >= 0.3 is 5.97 Å². The third kappa shape index (κ3) is 8.10. The standard InChI is InChI=1S/C38H44N6O5/c1-25-8-17-34-33(22-25)41-35(44(34)24-36(45)40-29-6-4-3-5-7-29)23-43(37(46)27-9-11-28(12-10-27)38(47)48)30-13-15-31(16-14-30)49-32-18-20-42(21-19-32)26(2)39/h8-17,22,29,32,39H,3-7,18-21,23-24H2,1-2H3,(H,40,45)(H,47,48). The number of amidine groups is 1. The molecule has 1 saturated carbocycles. The lowest BCUT2D eigenvalue weighted by molar-refractivity contribution is -0.122. The van der Waals surface area contributed by atoms with Gasteiger partial charge in [0.15, 0.2) is 0 Å². The molecule has 2 heterocycles. The number of ether oxygens (including phenoxy) is 1. The Hall–Kier alpha value is -5.19. The van der Waals surface area contributed by atoms with Crippen LogP contribution in [-0.2, 0) is 17.9 Å². The van der Waals surface area contributed by atoms with Gasteiger partial charge in [-0.1, -0.05) is 25.3 Å². The van der Waals surface area contributed by atoms with Crippen LogP contribution in [0.15, 0.2) is 66.7 Å². The van der Waals surface area contributed by atoms with Crippen molar-refractivity contribution in [2.75, 3.05) is 18.0 Å². The van der Waals surface area contributed by atoms with Crippen molar-refractivity contribution in [2.45, 2.75) is 84.0 Å². The van der Waals surface area contributed by atoms with Crippen molar-refractivity contribution in [3.8, 4) is 5.75 Å². The summed E-state index contributed by atoms with van der Waals surface area (Å²) in [5.41, 5.74) is 3.61. The molecule has 6 rings (SSSR count). The Labute approximate surface area is 286 Å². The zero-order chi connectivity index (χ0) is 34.5. The fraction of sp³-hybridized carbons (Fsp3) is 0.395. The summed E-state index contributed by atoms with van der Waals surface area (Å²) in [6, 6.07) is 19.3. The number of amides is 2. The Balaban J connectivity index is 1.29. The Bertz CT molecular complexity index is 1820. The minimum atomic E-state index is -1.07. The smallest absolute Gasteiger partial charge is 0.335 e. The molecule has 11 heteroatoms. The number of likely N-dealkylation sites (tertiary alicyclic amines) is 1. The van der Waals surface area contributed by atoms with Gasteiger partial charge < -0.3 is 29.5 Å². The zero-order valence-corrected chi connectivity index (χ0v) is 28.2. The van der Waals surface area contributed by atoms with Gasteiger partial charge in [0.05, 0.1) is 29.0 Å². The first-order valence-electron chi connectivity index (χ1n) is 17.1. The number of aryl methyl sites for hydroxylation is 1. The highest BCUT2D eigenvalue weighted by Crippen LogP contribution is 2.27. The van der Waals surface area contributed by atoms with Crippen molar-refractivity contribution in [1.29, 1.82) is 5.41 Å². The minimum absolute atomic E-state index is 0.0371.